The van der Waals surface area contributed by atoms with Crippen molar-refractivity contribution in [1.29, 1.82) is 0 Å². The predicted octanol–water partition coefficient (Wildman–Crippen LogP) is 4.43. The second-order valence-corrected chi connectivity index (χ2v) is 7.06. The third kappa shape index (κ3) is 3.60. The first-order chi connectivity index (χ1) is 11.7. The van der Waals surface area contributed by atoms with Crippen molar-refractivity contribution in [2.24, 2.45) is 5.73 Å². The summed E-state index contributed by atoms with van der Waals surface area (Å²) in [6, 6.07) is 17.2. The maximum atomic E-state index is 6.05. The number of benzene rings is 2. The Morgan fingerprint density at radius 1 is 1.04 bits per heavy atom. The van der Waals surface area contributed by atoms with Crippen molar-refractivity contribution in [3.05, 3.63) is 59.1 Å². The Labute approximate surface area is 148 Å². The van der Waals surface area contributed by atoms with Crippen LogP contribution in [0.2, 0.25) is 0 Å². The van der Waals surface area contributed by atoms with Gasteiger partial charge in [-0.2, -0.15) is 0 Å². The number of nitrogens with zero attached hydrogens (tertiary/aromatic N) is 2. The van der Waals surface area contributed by atoms with E-state index >= 15 is 0 Å². The molecule has 1 aromatic heterocycles. The Balaban J connectivity index is 1.77. The Bertz CT molecular complexity index is 742. The number of hydrogen-bond acceptors (Lipinski definition) is 4. The summed E-state index contributed by atoms with van der Waals surface area (Å²) >= 11 is 1.77. The van der Waals surface area contributed by atoms with E-state index in [9.17, 15) is 0 Å². The molecule has 0 aliphatic carbocycles. The molecule has 4 heteroatoms. The van der Waals surface area contributed by atoms with Crippen molar-refractivity contribution < 1.29 is 0 Å². The van der Waals surface area contributed by atoms with Gasteiger partial charge in [0.1, 0.15) is 0 Å². The van der Waals surface area contributed by atoms with Crippen LogP contribution < -0.4 is 10.6 Å². The van der Waals surface area contributed by atoms with Crippen LogP contribution in [0.25, 0.3) is 10.2 Å². The lowest BCUT2D eigenvalue weighted by atomic mass is 9.99. The Hall–Kier alpha value is -1.91. The van der Waals surface area contributed by atoms with Gasteiger partial charge in [-0.05, 0) is 50.1 Å². The lowest BCUT2D eigenvalue weighted by Crippen LogP contribution is -2.21. The first kappa shape index (κ1) is 16.9. The van der Waals surface area contributed by atoms with E-state index in [0.717, 1.165) is 30.0 Å². The highest BCUT2D eigenvalue weighted by Crippen LogP contribution is 2.29. The zero-order chi connectivity index (χ0) is 16.9. The molecule has 1 heterocycles. The summed E-state index contributed by atoms with van der Waals surface area (Å²) in [5.41, 5.74) is 9.74. The first-order valence-electron chi connectivity index (χ1n) is 8.64. The van der Waals surface area contributed by atoms with Crippen molar-refractivity contribution in [1.82, 2.24) is 4.98 Å². The molecule has 0 saturated heterocycles. The summed E-state index contributed by atoms with van der Waals surface area (Å²) in [7, 11) is 0. The van der Waals surface area contributed by atoms with E-state index in [0.29, 0.717) is 6.54 Å². The molecule has 0 fully saturated rings. The quantitative estimate of drug-likeness (QED) is 0.692. The second kappa shape index (κ2) is 7.77. The Morgan fingerprint density at radius 3 is 2.38 bits per heavy atom. The standard InChI is InChI=1S/C20H25N3S/c1-3-23(4-2)17-11-9-15(10-12-17)13-16(14-21)20-22-18-7-5-6-8-19(18)24-20/h5-12,16H,3-4,13-14,21H2,1-2H3. The largest absolute Gasteiger partial charge is 0.372 e. The van der Waals surface area contributed by atoms with E-state index in [-0.39, 0.29) is 5.92 Å². The maximum Gasteiger partial charge on any atom is 0.0985 e. The molecule has 0 radical (unpaired) electrons. The van der Waals surface area contributed by atoms with Gasteiger partial charge in [0, 0.05) is 31.2 Å². The topological polar surface area (TPSA) is 42.1 Å². The highest BCUT2D eigenvalue weighted by Gasteiger charge is 2.16. The summed E-state index contributed by atoms with van der Waals surface area (Å²) in [5.74, 6) is 0.279. The van der Waals surface area contributed by atoms with Crippen LogP contribution in [0.1, 0.15) is 30.3 Å². The van der Waals surface area contributed by atoms with Crippen LogP contribution >= 0.6 is 11.3 Å². The molecule has 126 valence electrons. The van der Waals surface area contributed by atoms with Crippen molar-refractivity contribution in [3.63, 3.8) is 0 Å². The van der Waals surface area contributed by atoms with Gasteiger partial charge in [-0.3, -0.25) is 0 Å². The van der Waals surface area contributed by atoms with Gasteiger partial charge in [0.2, 0.25) is 0 Å². The number of hydrogen-bond donors (Lipinski definition) is 1. The Kier molecular flexibility index (Phi) is 5.48. The van der Waals surface area contributed by atoms with Crippen molar-refractivity contribution in [2.45, 2.75) is 26.2 Å². The van der Waals surface area contributed by atoms with Gasteiger partial charge in [0.25, 0.3) is 0 Å². The van der Waals surface area contributed by atoms with E-state index in [4.69, 9.17) is 10.7 Å². The monoisotopic (exact) mass is 339 g/mol. The van der Waals surface area contributed by atoms with Crippen LogP contribution in [-0.2, 0) is 6.42 Å². The van der Waals surface area contributed by atoms with Crippen LogP contribution in [0.15, 0.2) is 48.5 Å². The van der Waals surface area contributed by atoms with Gasteiger partial charge >= 0.3 is 0 Å². The molecule has 1 unspecified atom stereocenters. The van der Waals surface area contributed by atoms with Gasteiger partial charge < -0.3 is 10.6 Å². The minimum Gasteiger partial charge on any atom is -0.372 e. The minimum atomic E-state index is 0.279. The smallest absolute Gasteiger partial charge is 0.0985 e. The van der Waals surface area contributed by atoms with Crippen LogP contribution in [0.5, 0.6) is 0 Å². The molecule has 0 bridgehead atoms. The number of anilines is 1. The van der Waals surface area contributed by atoms with E-state index < -0.39 is 0 Å². The number of para-hydroxylation sites is 1. The molecule has 0 aliphatic heterocycles. The molecule has 1 atom stereocenters. The summed E-state index contributed by atoms with van der Waals surface area (Å²) in [6.07, 6.45) is 0.939. The molecule has 0 saturated carbocycles. The second-order valence-electron chi connectivity index (χ2n) is 6.00. The van der Waals surface area contributed by atoms with E-state index in [1.54, 1.807) is 11.3 Å². The zero-order valence-electron chi connectivity index (χ0n) is 14.4. The highest BCUT2D eigenvalue weighted by atomic mass is 32.1. The molecule has 24 heavy (non-hydrogen) atoms. The van der Waals surface area contributed by atoms with Gasteiger partial charge in [0.05, 0.1) is 15.2 Å². The van der Waals surface area contributed by atoms with E-state index in [1.165, 1.54) is 16.0 Å². The highest BCUT2D eigenvalue weighted by molar-refractivity contribution is 7.18. The summed E-state index contributed by atoms with van der Waals surface area (Å²) in [5, 5.41) is 1.14. The first-order valence-corrected chi connectivity index (χ1v) is 9.46. The molecule has 2 aromatic carbocycles. The molecule has 3 nitrogen and oxygen atoms in total. The molecule has 2 N–H and O–H groups in total. The van der Waals surface area contributed by atoms with Gasteiger partial charge in [0.15, 0.2) is 0 Å². The molecule has 0 aliphatic rings. The summed E-state index contributed by atoms with van der Waals surface area (Å²) in [6.45, 7) is 7.07. The molecule has 0 spiro atoms. The van der Waals surface area contributed by atoms with Crippen LogP contribution in [0.3, 0.4) is 0 Å². The number of aromatic nitrogens is 1. The van der Waals surface area contributed by atoms with Crippen LogP contribution in [0.4, 0.5) is 5.69 Å². The fourth-order valence-electron chi connectivity index (χ4n) is 3.05. The fraction of sp³-hybridized carbons (Fsp3) is 0.350. The van der Waals surface area contributed by atoms with E-state index in [2.05, 4.69) is 61.2 Å². The number of rotatable bonds is 7. The summed E-state index contributed by atoms with van der Waals surface area (Å²) in [4.78, 5) is 7.14. The summed E-state index contributed by atoms with van der Waals surface area (Å²) < 4.78 is 1.24. The third-order valence-electron chi connectivity index (χ3n) is 4.49. The lowest BCUT2D eigenvalue weighted by Gasteiger charge is -2.21. The van der Waals surface area contributed by atoms with Crippen LogP contribution in [-0.4, -0.2) is 24.6 Å². The molecule has 3 rings (SSSR count). The molecule has 3 aromatic rings. The third-order valence-corrected chi connectivity index (χ3v) is 5.69. The van der Waals surface area contributed by atoms with Gasteiger partial charge in [-0.15, -0.1) is 11.3 Å². The number of thiazole rings is 1. The van der Waals surface area contributed by atoms with Crippen LogP contribution in [0, 0.1) is 0 Å². The predicted molar refractivity (Wildman–Crippen MR) is 105 cm³/mol. The van der Waals surface area contributed by atoms with E-state index in [1.807, 2.05) is 6.07 Å². The molecular formula is C20H25N3S. The lowest BCUT2D eigenvalue weighted by molar-refractivity contribution is 0.690. The normalized spacial score (nSPS) is 12.5. The van der Waals surface area contributed by atoms with Crippen molar-refractivity contribution in [3.8, 4) is 0 Å². The van der Waals surface area contributed by atoms with Crippen molar-refractivity contribution >= 4 is 27.2 Å². The number of nitrogens with two attached hydrogens (primary N) is 1. The maximum absolute atomic E-state index is 6.05. The average Bonchev–Trinajstić information content (AvgIpc) is 3.06. The van der Waals surface area contributed by atoms with Gasteiger partial charge in [-0.25, -0.2) is 4.98 Å². The fourth-order valence-corrected chi connectivity index (χ4v) is 4.13. The SMILES string of the molecule is CCN(CC)c1ccc(CC(CN)c2nc3ccccc3s2)cc1. The Morgan fingerprint density at radius 2 is 1.75 bits per heavy atom. The molecule has 0 amide bonds. The minimum absolute atomic E-state index is 0.279. The van der Waals surface area contributed by atoms with Gasteiger partial charge in [-0.1, -0.05) is 24.3 Å². The zero-order valence-corrected chi connectivity index (χ0v) is 15.2. The average molecular weight is 340 g/mol. The van der Waals surface area contributed by atoms with Crippen molar-refractivity contribution in [2.75, 3.05) is 24.5 Å². The molecular weight excluding hydrogens is 314 g/mol. The number of fused-ring (bicyclic) bond motifs is 1.